The summed E-state index contributed by atoms with van der Waals surface area (Å²) in [7, 11) is 1.69. The molecule has 0 radical (unpaired) electrons. The van der Waals surface area contributed by atoms with Crippen LogP contribution in [0.5, 0.6) is 5.75 Å². The van der Waals surface area contributed by atoms with Crippen LogP contribution in [0.1, 0.15) is 21.8 Å². The largest absolute Gasteiger partial charge is 0.497 e. The first-order valence-corrected chi connectivity index (χ1v) is 8.88. The third kappa shape index (κ3) is 2.96. The van der Waals surface area contributed by atoms with Crippen molar-refractivity contribution in [3.63, 3.8) is 0 Å². The minimum Gasteiger partial charge on any atom is -0.497 e. The number of thiophene rings is 1. The number of thioether (sulfide) groups is 1. The number of nitrogens with zero attached hydrogens (tertiary/aromatic N) is 2. The van der Waals surface area contributed by atoms with Crippen molar-refractivity contribution in [1.29, 1.82) is 0 Å². The summed E-state index contributed by atoms with van der Waals surface area (Å²) in [4.78, 5) is 11.6. The van der Waals surface area contributed by atoms with Gasteiger partial charge in [-0.1, -0.05) is 12.1 Å². The Morgan fingerprint density at radius 1 is 1.09 bits per heavy atom. The zero-order chi connectivity index (χ0) is 15.7. The Balaban J connectivity index is 1.89. The van der Waals surface area contributed by atoms with E-state index in [0.29, 0.717) is 0 Å². The van der Waals surface area contributed by atoms with E-state index in [4.69, 9.17) is 4.74 Å². The highest BCUT2D eigenvalue weighted by Crippen LogP contribution is 2.36. The third-order valence-electron chi connectivity index (χ3n) is 3.64. The number of hydrogen-bond acceptors (Lipinski definition) is 5. The highest BCUT2D eigenvalue weighted by molar-refractivity contribution is 7.98. The van der Waals surface area contributed by atoms with Crippen LogP contribution >= 0.6 is 23.1 Å². The predicted molar refractivity (Wildman–Crippen MR) is 94.2 cm³/mol. The quantitative estimate of drug-likeness (QED) is 0.502. The standard InChI is InChI=1S/C17H18N2OS2/c1-10-11(2)22-17-15(10)16(18-12(3)19-17)21-9-13-5-7-14(20-4)8-6-13/h5-8H,9H2,1-4H3. The van der Waals surface area contributed by atoms with Gasteiger partial charge < -0.3 is 4.74 Å². The molecule has 1 aromatic carbocycles. The van der Waals surface area contributed by atoms with E-state index in [2.05, 4.69) is 35.9 Å². The van der Waals surface area contributed by atoms with Crippen molar-refractivity contribution in [3.05, 3.63) is 46.1 Å². The van der Waals surface area contributed by atoms with Gasteiger partial charge in [-0.3, -0.25) is 0 Å². The fourth-order valence-electron chi connectivity index (χ4n) is 2.29. The lowest BCUT2D eigenvalue weighted by atomic mass is 10.2. The predicted octanol–water partition coefficient (Wildman–Crippen LogP) is 4.92. The van der Waals surface area contributed by atoms with E-state index < -0.39 is 0 Å². The molecule has 2 aromatic heterocycles. The smallest absolute Gasteiger partial charge is 0.128 e. The zero-order valence-electron chi connectivity index (χ0n) is 13.1. The Kier molecular flexibility index (Phi) is 4.36. The SMILES string of the molecule is COc1ccc(CSc2nc(C)nc3sc(C)c(C)c23)cc1. The van der Waals surface area contributed by atoms with Gasteiger partial charge in [0.2, 0.25) is 0 Å². The Morgan fingerprint density at radius 3 is 2.50 bits per heavy atom. The number of ether oxygens (including phenoxy) is 1. The van der Waals surface area contributed by atoms with E-state index in [1.165, 1.54) is 21.4 Å². The second kappa shape index (κ2) is 6.26. The van der Waals surface area contributed by atoms with Gasteiger partial charge in [-0.05, 0) is 44.0 Å². The van der Waals surface area contributed by atoms with Gasteiger partial charge in [-0.2, -0.15) is 0 Å². The van der Waals surface area contributed by atoms with E-state index in [9.17, 15) is 0 Å². The Hall–Kier alpha value is -1.59. The first kappa shape index (κ1) is 15.3. The lowest BCUT2D eigenvalue weighted by Gasteiger charge is -2.06. The molecule has 0 aliphatic heterocycles. The molecule has 0 unspecified atom stereocenters. The summed E-state index contributed by atoms with van der Waals surface area (Å²) >= 11 is 3.53. The molecule has 114 valence electrons. The van der Waals surface area contributed by atoms with Crippen LogP contribution in [0, 0.1) is 20.8 Å². The van der Waals surface area contributed by atoms with Crippen molar-refractivity contribution >= 4 is 33.3 Å². The Labute approximate surface area is 138 Å². The van der Waals surface area contributed by atoms with Crippen LogP contribution in [0.2, 0.25) is 0 Å². The fraction of sp³-hybridized carbons (Fsp3) is 0.294. The highest BCUT2D eigenvalue weighted by Gasteiger charge is 2.13. The van der Waals surface area contributed by atoms with E-state index >= 15 is 0 Å². The van der Waals surface area contributed by atoms with Crippen LogP contribution in [0.25, 0.3) is 10.2 Å². The van der Waals surface area contributed by atoms with Crippen LogP contribution in [0.3, 0.4) is 0 Å². The summed E-state index contributed by atoms with van der Waals surface area (Å²) in [6, 6.07) is 8.19. The zero-order valence-corrected chi connectivity index (χ0v) is 14.8. The average Bonchev–Trinajstić information content (AvgIpc) is 2.80. The van der Waals surface area contributed by atoms with Crippen LogP contribution in [-0.2, 0) is 5.75 Å². The number of methoxy groups -OCH3 is 1. The molecular weight excluding hydrogens is 312 g/mol. The molecule has 22 heavy (non-hydrogen) atoms. The number of rotatable bonds is 4. The topological polar surface area (TPSA) is 35.0 Å². The summed E-state index contributed by atoms with van der Waals surface area (Å²) < 4.78 is 5.20. The lowest BCUT2D eigenvalue weighted by molar-refractivity contribution is 0.414. The first-order chi connectivity index (χ1) is 10.6. The molecule has 3 aromatic rings. The Morgan fingerprint density at radius 2 is 1.82 bits per heavy atom. The normalized spacial score (nSPS) is 11.1. The number of aromatic nitrogens is 2. The van der Waals surface area contributed by atoms with Crippen molar-refractivity contribution in [3.8, 4) is 5.75 Å². The number of fused-ring (bicyclic) bond motifs is 1. The van der Waals surface area contributed by atoms with Crippen molar-refractivity contribution in [1.82, 2.24) is 9.97 Å². The second-order valence-electron chi connectivity index (χ2n) is 5.18. The van der Waals surface area contributed by atoms with Crippen LogP contribution < -0.4 is 4.74 Å². The molecule has 0 bridgehead atoms. The summed E-state index contributed by atoms with van der Waals surface area (Å²) in [5, 5.41) is 2.30. The molecule has 0 saturated heterocycles. The average molecular weight is 330 g/mol. The maximum absolute atomic E-state index is 5.20. The summed E-state index contributed by atoms with van der Waals surface area (Å²) in [5.74, 6) is 2.62. The summed E-state index contributed by atoms with van der Waals surface area (Å²) in [6.45, 7) is 6.26. The molecule has 5 heteroatoms. The van der Waals surface area contributed by atoms with Crippen LogP contribution in [-0.4, -0.2) is 17.1 Å². The van der Waals surface area contributed by atoms with Crippen molar-refractivity contribution < 1.29 is 4.74 Å². The second-order valence-corrected chi connectivity index (χ2v) is 7.34. The molecule has 2 heterocycles. The molecule has 0 atom stereocenters. The van der Waals surface area contributed by atoms with Gasteiger partial charge in [0.1, 0.15) is 21.4 Å². The van der Waals surface area contributed by atoms with Gasteiger partial charge >= 0.3 is 0 Å². The minimum atomic E-state index is 0.839. The Bertz CT molecular complexity index is 810. The maximum atomic E-state index is 5.20. The molecule has 0 N–H and O–H groups in total. The van der Waals surface area contributed by atoms with Crippen molar-refractivity contribution in [2.24, 2.45) is 0 Å². The summed E-state index contributed by atoms with van der Waals surface area (Å²) in [5.41, 5.74) is 2.57. The lowest BCUT2D eigenvalue weighted by Crippen LogP contribution is -1.92. The monoisotopic (exact) mass is 330 g/mol. The van der Waals surface area contributed by atoms with Crippen molar-refractivity contribution in [2.75, 3.05) is 7.11 Å². The van der Waals surface area contributed by atoms with E-state index in [0.717, 1.165) is 27.2 Å². The third-order valence-corrected chi connectivity index (χ3v) is 5.79. The van der Waals surface area contributed by atoms with Crippen molar-refractivity contribution in [2.45, 2.75) is 31.6 Å². The molecular formula is C17H18N2OS2. The molecule has 0 aliphatic rings. The van der Waals surface area contributed by atoms with E-state index in [1.54, 1.807) is 30.2 Å². The fourth-order valence-corrected chi connectivity index (χ4v) is 4.52. The number of aryl methyl sites for hydroxylation is 3. The van der Waals surface area contributed by atoms with Gasteiger partial charge in [-0.15, -0.1) is 23.1 Å². The molecule has 3 rings (SSSR count). The van der Waals surface area contributed by atoms with E-state index in [1.807, 2.05) is 19.1 Å². The van der Waals surface area contributed by atoms with Gasteiger partial charge in [0.15, 0.2) is 0 Å². The molecule has 0 spiro atoms. The van der Waals surface area contributed by atoms with Gasteiger partial charge in [0.25, 0.3) is 0 Å². The first-order valence-electron chi connectivity index (χ1n) is 7.08. The molecule has 0 fully saturated rings. The van der Waals surface area contributed by atoms with Gasteiger partial charge in [0.05, 0.1) is 7.11 Å². The van der Waals surface area contributed by atoms with E-state index in [-0.39, 0.29) is 0 Å². The molecule has 0 aliphatic carbocycles. The molecule has 0 saturated carbocycles. The molecule has 3 nitrogen and oxygen atoms in total. The van der Waals surface area contributed by atoms with Gasteiger partial charge in [0, 0.05) is 16.0 Å². The van der Waals surface area contributed by atoms with Crippen LogP contribution in [0.15, 0.2) is 29.3 Å². The number of benzene rings is 1. The maximum Gasteiger partial charge on any atom is 0.128 e. The number of hydrogen-bond donors (Lipinski definition) is 0. The van der Waals surface area contributed by atoms with Gasteiger partial charge in [-0.25, -0.2) is 9.97 Å². The molecule has 0 amide bonds. The minimum absolute atomic E-state index is 0.839. The highest BCUT2D eigenvalue weighted by atomic mass is 32.2. The van der Waals surface area contributed by atoms with Crippen LogP contribution in [0.4, 0.5) is 0 Å². The summed E-state index contributed by atoms with van der Waals surface area (Å²) in [6.07, 6.45) is 0.